The number of methoxy groups -OCH3 is 1. The number of fused-ring (bicyclic) bond motifs is 1. The zero-order chi connectivity index (χ0) is 25.5. The third kappa shape index (κ3) is 6.49. The predicted molar refractivity (Wildman–Crippen MR) is 146 cm³/mol. The Morgan fingerprint density at radius 1 is 0.973 bits per heavy atom. The summed E-state index contributed by atoms with van der Waals surface area (Å²) < 4.78 is 11.2. The molecule has 1 amide bonds. The maximum absolute atomic E-state index is 12.7. The SMILES string of the molecule is COc1ccc(N2CCN(CCCNC(=O)c3ccc4nc(CCc5ccccc5)oc4c3)CC2)cc1. The summed E-state index contributed by atoms with van der Waals surface area (Å²) >= 11 is 0. The van der Waals surface area contributed by atoms with Crippen LogP contribution in [0.25, 0.3) is 11.1 Å². The number of aromatic nitrogens is 1. The van der Waals surface area contributed by atoms with Crippen molar-refractivity contribution in [2.45, 2.75) is 19.3 Å². The van der Waals surface area contributed by atoms with E-state index in [1.165, 1.54) is 11.3 Å². The smallest absolute Gasteiger partial charge is 0.251 e. The zero-order valence-corrected chi connectivity index (χ0v) is 21.4. The Morgan fingerprint density at radius 2 is 1.76 bits per heavy atom. The lowest BCUT2D eigenvalue weighted by Crippen LogP contribution is -2.47. The van der Waals surface area contributed by atoms with Gasteiger partial charge in [0, 0.05) is 50.4 Å². The highest BCUT2D eigenvalue weighted by atomic mass is 16.5. The first-order valence-corrected chi connectivity index (χ1v) is 13.0. The van der Waals surface area contributed by atoms with Gasteiger partial charge in [-0.05, 0) is 67.4 Å². The highest BCUT2D eigenvalue weighted by Crippen LogP contribution is 2.21. The van der Waals surface area contributed by atoms with Crippen molar-refractivity contribution in [2.75, 3.05) is 51.3 Å². The monoisotopic (exact) mass is 498 g/mol. The van der Waals surface area contributed by atoms with Crippen LogP contribution < -0.4 is 15.0 Å². The topological polar surface area (TPSA) is 70.8 Å². The molecule has 0 spiro atoms. The molecule has 1 aliphatic heterocycles. The average molecular weight is 499 g/mol. The van der Waals surface area contributed by atoms with Crippen LogP contribution in [0, 0.1) is 0 Å². The molecule has 0 atom stereocenters. The quantitative estimate of drug-likeness (QED) is 0.323. The predicted octanol–water partition coefficient (Wildman–Crippen LogP) is 4.56. The van der Waals surface area contributed by atoms with Crippen molar-refractivity contribution in [3.8, 4) is 5.75 Å². The summed E-state index contributed by atoms with van der Waals surface area (Å²) in [4.78, 5) is 22.1. The number of benzene rings is 3. The highest BCUT2D eigenvalue weighted by molar-refractivity contribution is 5.97. The van der Waals surface area contributed by atoms with Crippen LogP contribution in [0.5, 0.6) is 5.75 Å². The van der Waals surface area contributed by atoms with E-state index in [9.17, 15) is 4.79 Å². The number of aryl methyl sites for hydroxylation is 2. The van der Waals surface area contributed by atoms with Crippen LogP contribution in [0.2, 0.25) is 0 Å². The molecule has 0 aliphatic carbocycles. The fourth-order valence-electron chi connectivity index (χ4n) is 4.75. The van der Waals surface area contributed by atoms with Crippen LogP contribution in [0.4, 0.5) is 5.69 Å². The maximum Gasteiger partial charge on any atom is 0.251 e. The molecule has 37 heavy (non-hydrogen) atoms. The van der Waals surface area contributed by atoms with Crippen LogP contribution in [-0.2, 0) is 12.8 Å². The van der Waals surface area contributed by atoms with Crippen LogP contribution >= 0.6 is 0 Å². The number of piperazine rings is 1. The molecule has 0 unspecified atom stereocenters. The van der Waals surface area contributed by atoms with E-state index in [1.807, 2.05) is 42.5 Å². The van der Waals surface area contributed by atoms with Gasteiger partial charge in [0.05, 0.1) is 7.11 Å². The lowest BCUT2D eigenvalue weighted by atomic mass is 10.1. The van der Waals surface area contributed by atoms with Crippen LogP contribution in [0.15, 0.2) is 77.2 Å². The molecular formula is C30H34N4O3. The van der Waals surface area contributed by atoms with Gasteiger partial charge < -0.3 is 19.4 Å². The molecule has 0 bridgehead atoms. The molecule has 5 rings (SSSR count). The van der Waals surface area contributed by atoms with Crippen LogP contribution in [0.3, 0.4) is 0 Å². The molecule has 7 heteroatoms. The summed E-state index contributed by atoms with van der Waals surface area (Å²) in [5.74, 6) is 1.51. The van der Waals surface area contributed by atoms with Crippen molar-refractivity contribution < 1.29 is 13.9 Å². The fraction of sp³-hybridized carbons (Fsp3) is 0.333. The summed E-state index contributed by atoms with van der Waals surface area (Å²) in [6, 6.07) is 24.0. The number of nitrogens with one attached hydrogen (secondary N) is 1. The van der Waals surface area contributed by atoms with Gasteiger partial charge in [-0.25, -0.2) is 4.98 Å². The fourth-order valence-corrected chi connectivity index (χ4v) is 4.75. The summed E-state index contributed by atoms with van der Waals surface area (Å²) in [5.41, 5.74) is 4.54. The Hall–Kier alpha value is -3.84. The Kier molecular flexibility index (Phi) is 8.01. The number of nitrogens with zero attached hydrogens (tertiary/aromatic N) is 3. The van der Waals surface area contributed by atoms with E-state index >= 15 is 0 Å². The van der Waals surface area contributed by atoms with Crippen molar-refractivity contribution >= 4 is 22.7 Å². The molecule has 0 radical (unpaired) electrons. The summed E-state index contributed by atoms with van der Waals surface area (Å²) in [6.45, 7) is 5.67. The summed E-state index contributed by atoms with van der Waals surface area (Å²) in [7, 11) is 1.69. The second-order valence-corrected chi connectivity index (χ2v) is 9.41. The minimum atomic E-state index is -0.0755. The van der Waals surface area contributed by atoms with Crippen molar-refractivity contribution in [1.29, 1.82) is 0 Å². The number of amides is 1. The molecule has 1 aromatic heterocycles. The number of ether oxygens (including phenoxy) is 1. The molecule has 192 valence electrons. The average Bonchev–Trinajstić information content (AvgIpc) is 3.37. The second kappa shape index (κ2) is 11.9. The molecule has 1 aliphatic rings. The lowest BCUT2D eigenvalue weighted by molar-refractivity contribution is 0.0951. The molecule has 3 aromatic carbocycles. The molecule has 1 N–H and O–H groups in total. The first-order valence-electron chi connectivity index (χ1n) is 13.0. The number of carbonyl (C=O) groups excluding carboxylic acids is 1. The van der Waals surface area contributed by atoms with Crippen molar-refractivity contribution in [3.05, 3.63) is 89.8 Å². The third-order valence-electron chi connectivity index (χ3n) is 6.91. The first kappa shape index (κ1) is 24.8. The molecule has 2 heterocycles. The molecule has 1 saturated heterocycles. The number of hydrogen-bond donors (Lipinski definition) is 1. The highest BCUT2D eigenvalue weighted by Gasteiger charge is 2.17. The molecule has 7 nitrogen and oxygen atoms in total. The second-order valence-electron chi connectivity index (χ2n) is 9.41. The standard InChI is InChI=1S/C30H34N4O3/c1-36-26-12-10-25(11-13-26)34-20-18-33(19-21-34)17-5-16-31-30(35)24-9-14-27-28(22-24)37-29(32-27)15-8-23-6-3-2-4-7-23/h2-4,6-7,9-14,22H,5,8,15-21H2,1H3,(H,31,35). The Balaban J connectivity index is 1.04. The molecule has 4 aromatic rings. The van der Waals surface area contributed by atoms with E-state index in [0.717, 1.165) is 63.3 Å². The van der Waals surface area contributed by atoms with Crippen molar-refractivity contribution in [3.63, 3.8) is 0 Å². The van der Waals surface area contributed by atoms with Crippen molar-refractivity contribution in [1.82, 2.24) is 15.2 Å². The summed E-state index contributed by atoms with van der Waals surface area (Å²) in [6.07, 6.45) is 2.52. The van der Waals surface area contributed by atoms with Gasteiger partial charge >= 0.3 is 0 Å². The van der Waals surface area contributed by atoms with E-state index in [1.54, 1.807) is 13.2 Å². The van der Waals surface area contributed by atoms with Gasteiger partial charge in [-0.15, -0.1) is 0 Å². The number of rotatable bonds is 10. The maximum atomic E-state index is 12.7. The molecule has 0 saturated carbocycles. The van der Waals surface area contributed by atoms with Gasteiger partial charge in [0.2, 0.25) is 0 Å². The number of anilines is 1. The minimum absolute atomic E-state index is 0.0755. The van der Waals surface area contributed by atoms with E-state index < -0.39 is 0 Å². The zero-order valence-electron chi connectivity index (χ0n) is 21.4. The third-order valence-corrected chi connectivity index (χ3v) is 6.91. The van der Waals surface area contributed by atoms with Gasteiger partial charge in [0.15, 0.2) is 11.5 Å². The van der Waals surface area contributed by atoms with E-state index in [0.29, 0.717) is 23.6 Å². The number of hydrogen-bond acceptors (Lipinski definition) is 6. The van der Waals surface area contributed by atoms with Gasteiger partial charge in [0.25, 0.3) is 5.91 Å². The normalized spacial score (nSPS) is 14.1. The van der Waals surface area contributed by atoms with E-state index in [2.05, 4.69) is 44.4 Å². The van der Waals surface area contributed by atoms with Crippen molar-refractivity contribution in [2.24, 2.45) is 0 Å². The summed E-state index contributed by atoms with van der Waals surface area (Å²) in [5, 5.41) is 3.05. The lowest BCUT2D eigenvalue weighted by Gasteiger charge is -2.36. The minimum Gasteiger partial charge on any atom is -0.497 e. The van der Waals surface area contributed by atoms with Gasteiger partial charge in [-0.3, -0.25) is 9.69 Å². The van der Waals surface area contributed by atoms with E-state index in [4.69, 9.17) is 9.15 Å². The number of carbonyl (C=O) groups is 1. The van der Waals surface area contributed by atoms with Crippen LogP contribution in [-0.4, -0.2) is 62.2 Å². The molecule has 1 fully saturated rings. The Labute approximate surface area is 218 Å². The van der Waals surface area contributed by atoms with Gasteiger partial charge in [0.1, 0.15) is 11.3 Å². The number of oxazole rings is 1. The Morgan fingerprint density at radius 3 is 2.51 bits per heavy atom. The first-order chi connectivity index (χ1) is 18.2. The van der Waals surface area contributed by atoms with E-state index in [-0.39, 0.29) is 5.91 Å². The largest absolute Gasteiger partial charge is 0.497 e. The van der Waals surface area contributed by atoms with Gasteiger partial charge in [-0.1, -0.05) is 30.3 Å². The molecular weight excluding hydrogens is 464 g/mol. The Bertz CT molecular complexity index is 1300. The van der Waals surface area contributed by atoms with Crippen LogP contribution in [0.1, 0.15) is 28.2 Å². The van der Waals surface area contributed by atoms with Gasteiger partial charge in [-0.2, -0.15) is 0 Å².